The summed E-state index contributed by atoms with van der Waals surface area (Å²) in [5.74, 6) is 0.777. The fourth-order valence-corrected chi connectivity index (χ4v) is 4.15. The normalized spacial score (nSPS) is 15.7. The molecule has 0 saturated carbocycles. The van der Waals surface area contributed by atoms with Crippen LogP contribution in [0.5, 0.6) is 0 Å². The maximum absolute atomic E-state index is 6.56. The SMILES string of the molecule is CCNC(=NCc1c(Cl)cccc1N1CCN(C)CC1)NCc1ncc(C)s1. The van der Waals surface area contributed by atoms with E-state index in [1.807, 2.05) is 18.3 Å². The first kappa shape index (κ1) is 20.9. The van der Waals surface area contributed by atoms with Gasteiger partial charge in [0.05, 0.1) is 13.1 Å². The molecule has 1 aromatic carbocycles. The molecule has 2 heterocycles. The van der Waals surface area contributed by atoms with Crippen LogP contribution < -0.4 is 15.5 Å². The van der Waals surface area contributed by atoms with E-state index in [2.05, 4.69) is 52.4 Å². The summed E-state index contributed by atoms with van der Waals surface area (Å²) in [6.45, 7) is 10.3. The number of nitrogens with zero attached hydrogens (tertiary/aromatic N) is 4. The average molecular weight is 421 g/mol. The molecule has 3 rings (SSSR count). The molecule has 0 amide bonds. The zero-order valence-corrected chi connectivity index (χ0v) is 18.4. The van der Waals surface area contributed by atoms with Gasteiger partial charge in [-0.05, 0) is 33.0 Å². The van der Waals surface area contributed by atoms with Gasteiger partial charge in [0.15, 0.2) is 5.96 Å². The standard InChI is InChI=1S/C20H29ClN6S/c1-4-22-20(25-14-19-23-12-15(2)28-19)24-13-16-17(21)6-5-7-18(16)27-10-8-26(3)9-11-27/h5-7,12H,4,8-11,13-14H2,1-3H3,(H2,22,24,25). The number of hydrogen-bond donors (Lipinski definition) is 2. The summed E-state index contributed by atoms with van der Waals surface area (Å²) in [5, 5.41) is 8.50. The van der Waals surface area contributed by atoms with E-state index in [1.165, 1.54) is 10.6 Å². The lowest BCUT2D eigenvalue weighted by atomic mass is 10.1. The van der Waals surface area contributed by atoms with E-state index in [1.54, 1.807) is 11.3 Å². The van der Waals surface area contributed by atoms with Crippen molar-refractivity contribution < 1.29 is 0 Å². The Morgan fingerprint density at radius 3 is 2.71 bits per heavy atom. The molecule has 1 aliphatic rings. The number of guanidine groups is 1. The Morgan fingerprint density at radius 2 is 2.04 bits per heavy atom. The number of rotatable bonds is 6. The van der Waals surface area contributed by atoms with Crippen molar-refractivity contribution in [3.63, 3.8) is 0 Å². The summed E-state index contributed by atoms with van der Waals surface area (Å²) in [7, 11) is 2.17. The van der Waals surface area contributed by atoms with Gasteiger partial charge in [-0.2, -0.15) is 0 Å². The monoisotopic (exact) mass is 420 g/mol. The topological polar surface area (TPSA) is 55.8 Å². The third kappa shape index (κ3) is 5.59. The second-order valence-corrected chi connectivity index (χ2v) is 8.67. The van der Waals surface area contributed by atoms with Gasteiger partial charge in [-0.15, -0.1) is 11.3 Å². The minimum absolute atomic E-state index is 0.535. The van der Waals surface area contributed by atoms with Crippen molar-refractivity contribution >= 4 is 34.6 Å². The molecule has 0 radical (unpaired) electrons. The molecule has 2 aromatic rings. The molecule has 2 N–H and O–H groups in total. The highest BCUT2D eigenvalue weighted by Crippen LogP contribution is 2.29. The van der Waals surface area contributed by atoms with Gasteiger partial charge in [0.25, 0.3) is 0 Å². The van der Waals surface area contributed by atoms with Crippen molar-refractivity contribution in [2.75, 3.05) is 44.7 Å². The summed E-state index contributed by atoms with van der Waals surface area (Å²) >= 11 is 8.26. The van der Waals surface area contributed by atoms with Crippen LogP contribution in [0.1, 0.15) is 22.4 Å². The van der Waals surface area contributed by atoms with Crippen molar-refractivity contribution in [1.29, 1.82) is 0 Å². The van der Waals surface area contributed by atoms with Crippen molar-refractivity contribution in [2.45, 2.75) is 26.9 Å². The molecule has 0 atom stereocenters. The summed E-state index contributed by atoms with van der Waals surface area (Å²) in [6, 6.07) is 6.13. The van der Waals surface area contributed by atoms with Crippen LogP contribution in [0.15, 0.2) is 29.4 Å². The van der Waals surface area contributed by atoms with E-state index in [9.17, 15) is 0 Å². The predicted molar refractivity (Wildman–Crippen MR) is 120 cm³/mol. The van der Waals surface area contributed by atoms with Crippen molar-refractivity contribution in [3.8, 4) is 0 Å². The highest BCUT2D eigenvalue weighted by atomic mass is 35.5. The summed E-state index contributed by atoms with van der Waals surface area (Å²) < 4.78 is 0. The van der Waals surface area contributed by atoms with Crippen LogP contribution in [-0.2, 0) is 13.1 Å². The number of halogens is 1. The van der Waals surface area contributed by atoms with Crippen LogP contribution in [0.3, 0.4) is 0 Å². The maximum atomic E-state index is 6.56. The van der Waals surface area contributed by atoms with Gasteiger partial charge in [-0.1, -0.05) is 17.7 Å². The van der Waals surface area contributed by atoms with E-state index >= 15 is 0 Å². The largest absolute Gasteiger partial charge is 0.369 e. The Hall–Kier alpha value is -1.83. The van der Waals surface area contributed by atoms with E-state index in [0.717, 1.165) is 54.3 Å². The highest BCUT2D eigenvalue weighted by Gasteiger charge is 2.18. The van der Waals surface area contributed by atoms with Gasteiger partial charge in [0.2, 0.25) is 0 Å². The van der Waals surface area contributed by atoms with Gasteiger partial charge in [0, 0.05) is 60.1 Å². The smallest absolute Gasteiger partial charge is 0.191 e. The number of aromatic nitrogens is 1. The zero-order chi connectivity index (χ0) is 19.9. The molecule has 1 saturated heterocycles. The molecule has 0 unspecified atom stereocenters. The number of piperazine rings is 1. The van der Waals surface area contributed by atoms with Crippen molar-refractivity contribution in [2.24, 2.45) is 4.99 Å². The van der Waals surface area contributed by atoms with E-state index in [4.69, 9.17) is 16.6 Å². The van der Waals surface area contributed by atoms with Crippen LogP contribution in [0.4, 0.5) is 5.69 Å². The number of likely N-dealkylation sites (N-methyl/N-ethyl adjacent to an activating group) is 1. The first-order valence-corrected chi connectivity index (χ1v) is 10.9. The summed E-state index contributed by atoms with van der Waals surface area (Å²) in [6.07, 6.45) is 1.90. The minimum Gasteiger partial charge on any atom is -0.369 e. The van der Waals surface area contributed by atoms with Gasteiger partial charge >= 0.3 is 0 Å². The van der Waals surface area contributed by atoms with E-state index in [0.29, 0.717) is 13.1 Å². The molecular weight excluding hydrogens is 392 g/mol. The second kappa shape index (κ2) is 10.1. The molecule has 0 aliphatic carbocycles. The summed E-state index contributed by atoms with van der Waals surface area (Å²) in [5.41, 5.74) is 2.27. The predicted octanol–water partition coefficient (Wildman–Crippen LogP) is 3.11. The number of nitrogens with one attached hydrogen (secondary N) is 2. The van der Waals surface area contributed by atoms with Crippen molar-refractivity contribution in [3.05, 3.63) is 44.9 Å². The van der Waals surface area contributed by atoms with Crippen LogP contribution in [0, 0.1) is 6.92 Å². The van der Waals surface area contributed by atoms with Crippen LogP contribution in [0.2, 0.25) is 5.02 Å². The highest BCUT2D eigenvalue weighted by molar-refractivity contribution is 7.11. The Balaban J connectivity index is 1.72. The lowest BCUT2D eigenvalue weighted by Crippen LogP contribution is -2.44. The van der Waals surface area contributed by atoms with Gasteiger partial charge < -0.3 is 20.4 Å². The number of anilines is 1. The Morgan fingerprint density at radius 1 is 1.25 bits per heavy atom. The van der Waals surface area contributed by atoms with E-state index in [-0.39, 0.29) is 0 Å². The quantitative estimate of drug-likeness (QED) is 0.555. The molecule has 0 bridgehead atoms. The molecule has 1 fully saturated rings. The number of aryl methyl sites for hydroxylation is 1. The second-order valence-electron chi connectivity index (χ2n) is 6.94. The molecule has 1 aliphatic heterocycles. The molecule has 0 spiro atoms. The lowest BCUT2D eigenvalue weighted by molar-refractivity contribution is 0.312. The lowest BCUT2D eigenvalue weighted by Gasteiger charge is -2.35. The molecule has 8 heteroatoms. The fraction of sp³-hybridized carbons (Fsp3) is 0.500. The first-order valence-electron chi connectivity index (χ1n) is 9.71. The van der Waals surface area contributed by atoms with Crippen LogP contribution >= 0.6 is 22.9 Å². The molecule has 28 heavy (non-hydrogen) atoms. The number of hydrogen-bond acceptors (Lipinski definition) is 5. The Kier molecular flexibility index (Phi) is 7.53. The van der Waals surface area contributed by atoms with Crippen molar-refractivity contribution in [1.82, 2.24) is 20.5 Å². The number of thiazole rings is 1. The van der Waals surface area contributed by atoms with Gasteiger partial charge in [-0.3, -0.25) is 0 Å². The Bertz CT molecular complexity index is 798. The summed E-state index contributed by atoms with van der Waals surface area (Å²) in [4.78, 5) is 15.2. The van der Waals surface area contributed by atoms with Crippen LogP contribution in [-0.4, -0.2) is 55.6 Å². The fourth-order valence-electron chi connectivity index (χ4n) is 3.19. The van der Waals surface area contributed by atoms with Gasteiger partial charge in [0.1, 0.15) is 5.01 Å². The molecular formula is C20H29ClN6S. The minimum atomic E-state index is 0.535. The van der Waals surface area contributed by atoms with E-state index < -0.39 is 0 Å². The average Bonchev–Trinajstić information content (AvgIpc) is 3.10. The number of aliphatic imine (C=N–C) groups is 1. The molecule has 152 valence electrons. The third-order valence-corrected chi connectivity index (χ3v) is 6.02. The maximum Gasteiger partial charge on any atom is 0.191 e. The molecule has 6 nitrogen and oxygen atoms in total. The van der Waals surface area contributed by atoms with Crippen LogP contribution in [0.25, 0.3) is 0 Å². The molecule has 1 aromatic heterocycles. The van der Waals surface area contributed by atoms with Gasteiger partial charge in [-0.25, -0.2) is 9.98 Å². The third-order valence-electron chi connectivity index (χ3n) is 4.75. The first-order chi connectivity index (χ1) is 13.6. The zero-order valence-electron chi connectivity index (χ0n) is 16.8. The number of benzene rings is 1. The Labute approximate surface area is 176 Å².